The Morgan fingerprint density at radius 2 is 1.90 bits per heavy atom. The molecule has 0 saturated carbocycles. The number of carbonyl (C=O) groups is 1. The Labute approximate surface area is 133 Å². The van der Waals surface area contributed by atoms with Crippen LogP contribution in [0.4, 0.5) is 0 Å². The zero-order valence-electron chi connectivity index (χ0n) is 12.4. The second kappa shape index (κ2) is 7.13. The Kier molecular flexibility index (Phi) is 5.47. The van der Waals surface area contributed by atoms with Gasteiger partial charge in [0, 0.05) is 18.8 Å². The molecule has 0 aromatic heterocycles. The maximum absolute atomic E-state index is 11.2. The first-order valence-corrected chi connectivity index (χ1v) is 7.87. The molecule has 0 bridgehead atoms. The van der Waals surface area contributed by atoms with Crippen LogP contribution in [0.15, 0.2) is 16.6 Å². The number of piperidine rings is 1. The molecule has 5 nitrogen and oxygen atoms in total. The van der Waals surface area contributed by atoms with Crippen LogP contribution < -0.4 is 20.1 Å². The number of primary amides is 1. The van der Waals surface area contributed by atoms with Crippen LogP contribution in [0.25, 0.3) is 0 Å². The van der Waals surface area contributed by atoms with Crippen molar-refractivity contribution in [3.63, 3.8) is 0 Å². The van der Waals surface area contributed by atoms with Gasteiger partial charge in [-0.1, -0.05) is 0 Å². The van der Waals surface area contributed by atoms with E-state index in [1.54, 1.807) is 14.2 Å². The SMILES string of the molecule is COc1cc(C[NH+]2CCC(C(N)=O)CC2)c(OC)cc1Br. The summed E-state index contributed by atoms with van der Waals surface area (Å²) in [5.74, 6) is 1.52. The maximum atomic E-state index is 11.2. The van der Waals surface area contributed by atoms with Gasteiger partial charge in [-0.2, -0.15) is 0 Å². The van der Waals surface area contributed by atoms with Gasteiger partial charge in [0.15, 0.2) is 0 Å². The van der Waals surface area contributed by atoms with Gasteiger partial charge in [-0.05, 0) is 28.1 Å². The molecule has 21 heavy (non-hydrogen) atoms. The number of nitrogens with one attached hydrogen (secondary N) is 1. The second-order valence-corrected chi connectivity index (χ2v) is 6.26. The lowest BCUT2D eigenvalue weighted by atomic mass is 9.96. The van der Waals surface area contributed by atoms with E-state index in [1.807, 2.05) is 12.1 Å². The highest BCUT2D eigenvalue weighted by Crippen LogP contribution is 2.32. The van der Waals surface area contributed by atoms with E-state index in [9.17, 15) is 4.79 Å². The van der Waals surface area contributed by atoms with Crippen molar-refractivity contribution in [2.45, 2.75) is 19.4 Å². The summed E-state index contributed by atoms with van der Waals surface area (Å²) >= 11 is 3.47. The van der Waals surface area contributed by atoms with E-state index in [4.69, 9.17) is 15.2 Å². The molecule has 1 aliphatic rings. The van der Waals surface area contributed by atoms with Crippen molar-refractivity contribution in [2.75, 3.05) is 27.3 Å². The molecule has 3 N–H and O–H groups in total. The first-order chi connectivity index (χ1) is 10.0. The van der Waals surface area contributed by atoms with Crippen LogP contribution in [0.1, 0.15) is 18.4 Å². The van der Waals surface area contributed by atoms with Gasteiger partial charge in [-0.15, -0.1) is 0 Å². The number of carbonyl (C=O) groups excluding carboxylic acids is 1. The number of quaternary nitrogens is 1. The predicted octanol–water partition coefficient (Wildman–Crippen LogP) is 0.746. The lowest BCUT2D eigenvalue weighted by Crippen LogP contribution is -3.11. The van der Waals surface area contributed by atoms with Crippen LogP contribution in [-0.4, -0.2) is 33.2 Å². The second-order valence-electron chi connectivity index (χ2n) is 5.40. The summed E-state index contributed by atoms with van der Waals surface area (Å²) in [6.07, 6.45) is 1.72. The lowest BCUT2D eigenvalue weighted by Gasteiger charge is -2.28. The third kappa shape index (κ3) is 3.89. The Morgan fingerprint density at radius 1 is 1.29 bits per heavy atom. The number of benzene rings is 1. The predicted molar refractivity (Wildman–Crippen MR) is 83.6 cm³/mol. The van der Waals surface area contributed by atoms with Crippen molar-refractivity contribution < 1.29 is 19.2 Å². The molecule has 1 heterocycles. The van der Waals surface area contributed by atoms with E-state index in [0.29, 0.717) is 0 Å². The number of rotatable bonds is 5. The minimum atomic E-state index is -0.169. The van der Waals surface area contributed by atoms with Crippen molar-refractivity contribution in [3.8, 4) is 11.5 Å². The van der Waals surface area contributed by atoms with Crippen LogP contribution in [0.3, 0.4) is 0 Å². The van der Waals surface area contributed by atoms with E-state index >= 15 is 0 Å². The van der Waals surface area contributed by atoms with E-state index < -0.39 is 0 Å². The monoisotopic (exact) mass is 357 g/mol. The summed E-state index contributed by atoms with van der Waals surface area (Å²) in [6, 6.07) is 3.94. The fourth-order valence-corrected chi connectivity index (χ4v) is 3.30. The van der Waals surface area contributed by atoms with Crippen molar-refractivity contribution >= 4 is 21.8 Å². The van der Waals surface area contributed by atoms with Gasteiger partial charge in [-0.3, -0.25) is 4.79 Å². The minimum absolute atomic E-state index is 0.0371. The molecule has 1 aromatic carbocycles. The first kappa shape index (κ1) is 16.1. The summed E-state index contributed by atoms with van der Waals surface area (Å²) in [4.78, 5) is 12.7. The van der Waals surface area contributed by atoms with Crippen LogP contribution in [0.2, 0.25) is 0 Å². The number of amides is 1. The molecule has 0 atom stereocenters. The summed E-state index contributed by atoms with van der Waals surface area (Å²) in [6.45, 7) is 2.77. The maximum Gasteiger partial charge on any atom is 0.220 e. The van der Waals surface area contributed by atoms with Crippen molar-refractivity contribution in [1.29, 1.82) is 0 Å². The molecule has 116 valence electrons. The highest BCUT2D eigenvalue weighted by Gasteiger charge is 2.26. The Hall–Kier alpha value is -1.27. The Balaban J connectivity index is 2.07. The Morgan fingerprint density at radius 3 is 2.43 bits per heavy atom. The average molecular weight is 358 g/mol. The highest BCUT2D eigenvalue weighted by atomic mass is 79.9. The molecule has 0 aliphatic carbocycles. The fourth-order valence-electron chi connectivity index (χ4n) is 2.82. The number of ether oxygens (including phenoxy) is 2. The lowest BCUT2D eigenvalue weighted by molar-refractivity contribution is -0.919. The number of hydrogen-bond acceptors (Lipinski definition) is 3. The minimum Gasteiger partial charge on any atom is -0.496 e. The molecule has 0 radical (unpaired) electrons. The normalized spacial score (nSPS) is 21.9. The standard InChI is InChI=1S/C15H21BrN2O3/c1-20-13-8-12(16)14(21-2)7-11(13)9-18-5-3-10(4-6-18)15(17)19/h7-8,10H,3-6,9H2,1-2H3,(H2,17,19)/p+1. The molecular weight excluding hydrogens is 336 g/mol. The summed E-state index contributed by atoms with van der Waals surface area (Å²) in [5.41, 5.74) is 6.49. The van der Waals surface area contributed by atoms with Crippen LogP contribution in [-0.2, 0) is 11.3 Å². The van der Waals surface area contributed by atoms with Gasteiger partial charge in [0.1, 0.15) is 18.0 Å². The third-order valence-corrected chi connectivity index (χ3v) is 4.71. The average Bonchev–Trinajstić information content (AvgIpc) is 2.49. The van der Waals surface area contributed by atoms with E-state index in [1.165, 1.54) is 4.90 Å². The molecule has 1 aromatic rings. The molecule has 6 heteroatoms. The molecule has 0 unspecified atom stereocenters. The van der Waals surface area contributed by atoms with E-state index in [-0.39, 0.29) is 11.8 Å². The summed E-state index contributed by atoms with van der Waals surface area (Å²) in [7, 11) is 3.33. The van der Waals surface area contributed by atoms with Gasteiger partial charge in [-0.25, -0.2) is 0 Å². The molecule has 0 spiro atoms. The quantitative estimate of drug-likeness (QED) is 0.816. The smallest absolute Gasteiger partial charge is 0.220 e. The molecule has 2 rings (SSSR count). The molecular formula is C15H22BrN2O3+. The zero-order valence-corrected chi connectivity index (χ0v) is 14.0. The van der Waals surface area contributed by atoms with Gasteiger partial charge in [0.25, 0.3) is 0 Å². The van der Waals surface area contributed by atoms with E-state index in [0.717, 1.165) is 54.0 Å². The number of likely N-dealkylation sites (tertiary alicyclic amines) is 1. The Bertz CT molecular complexity index is 514. The number of methoxy groups -OCH3 is 2. The number of nitrogens with two attached hydrogens (primary N) is 1. The van der Waals surface area contributed by atoms with Gasteiger partial charge >= 0.3 is 0 Å². The molecule has 1 fully saturated rings. The van der Waals surface area contributed by atoms with E-state index in [2.05, 4.69) is 15.9 Å². The number of hydrogen-bond donors (Lipinski definition) is 2. The molecule has 1 saturated heterocycles. The van der Waals surface area contributed by atoms with Crippen LogP contribution in [0.5, 0.6) is 11.5 Å². The number of halogens is 1. The third-order valence-electron chi connectivity index (χ3n) is 4.09. The van der Waals surface area contributed by atoms with Crippen molar-refractivity contribution in [1.82, 2.24) is 0 Å². The van der Waals surface area contributed by atoms with Crippen LogP contribution in [0, 0.1) is 5.92 Å². The summed E-state index contributed by atoms with van der Waals surface area (Å²) in [5, 5.41) is 0. The zero-order chi connectivity index (χ0) is 15.4. The van der Waals surface area contributed by atoms with Gasteiger partial charge < -0.3 is 20.1 Å². The van der Waals surface area contributed by atoms with Gasteiger partial charge in [0.2, 0.25) is 5.91 Å². The highest BCUT2D eigenvalue weighted by molar-refractivity contribution is 9.10. The van der Waals surface area contributed by atoms with Crippen molar-refractivity contribution in [3.05, 3.63) is 22.2 Å². The molecule has 1 amide bonds. The van der Waals surface area contributed by atoms with Gasteiger partial charge in [0.05, 0.1) is 37.3 Å². The fraction of sp³-hybridized carbons (Fsp3) is 0.533. The first-order valence-electron chi connectivity index (χ1n) is 7.08. The van der Waals surface area contributed by atoms with Crippen LogP contribution >= 0.6 is 15.9 Å². The molecule has 1 aliphatic heterocycles. The largest absolute Gasteiger partial charge is 0.496 e. The van der Waals surface area contributed by atoms with Crippen molar-refractivity contribution in [2.24, 2.45) is 11.7 Å². The topological polar surface area (TPSA) is 66.0 Å². The summed E-state index contributed by atoms with van der Waals surface area (Å²) < 4.78 is 11.7.